The van der Waals surface area contributed by atoms with Crippen molar-refractivity contribution in [3.05, 3.63) is 34.2 Å². The first-order chi connectivity index (χ1) is 7.15. The van der Waals surface area contributed by atoms with Crippen LogP contribution in [0, 0.1) is 0 Å². The number of rotatable bonds is 2. The second-order valence-electron chi connectivity index (χ2n) is 3.72. The molecule has 0 aromatic carbocycles. The molecule has 5 heteroatoms. The maximum atomic E-state index is 11.5. The predicted octanol–water partition coefficient (Wildman–Crippen LogP) is -0.372. The molecule has 1 heterocycles. The van der Waals surface area contributed by atoms with Crippen LogP contribution in [0.1, 0.15) is 23.3 Å². The maximum absolute atomic E-state index is 11.5. The number of hydrogen-bond donors (Lipinski definition) is 3. The minimum absolute atomic E-state index is 0.0243. The van der Waals surface area contributed by atoms with E-state index in [1.807, 2.05) is 0 Å². The molecule has 0 radical (unpaired) electrons. The standard InChI is InChI=1S/C10H12N2O3/c13-7-4-6(5-7)11-10(15)8-2-1-3-9(14)12-8/h1-3,6-7,13H,4-5H2,(H,11,15)(H,12,14). The van der Waals surface area contributed by atoms with E-state index in [1.165, 1.54) is 12.1 Å². The lowest BCUT2D eigenvalue weighted by atomic mass is 9.89. The quantitative estimate of drug-likeness (QED) is 0.620. The lowest BCUT2D eigenvalue weighted by Gasteiger charge is -2.31. The van der Waals surface area contributed by atoms with Gasteiger partial charge in [0.1, 0.15) is 5.69 Å². The molecular weight excluding hydrogens is 196 g/mol. The Kier molecular flexibility index (Phi) is 2.55. The van der Waals surface area contributed by atoms with E-state index < -0.39 is 0 Å². The fourth-order valence-corrected chi connectivity index (χ4v) is 1.55. The summed E-state index contributed by atoms with van der Waals surface area (Å²) in [5.74, 6) is -0.301. The van der Waals surface area contributed by atoms with Gasteiger partial charge in [-0.15, -0.1) is 0 Å². The number of aromatic nitrogens is 1. The summed E-state index contributed by atoms with van der Waals surface area (Å²) in [5, 5.41) is 11.8. The monoisotopic (exact) mass is 208 g/mol. The molecule has 15 heavy (non-hydrogen) atoms. The molecule has 0 spiro atoms. The summed E-state index contributed by atoms with van der Waals surface area (Å²) >= 11 is 0. The van der Waals surface area contributed by atoms with Crippen LogP contribution in [0.25, 0.3) is 0 Å². The molecule has 5 nitrogen and oxygen atoms in total. The summed E-state index contributed by atoms with van der Waals surface area (Å²) in [6.45, 7) is 0. The highest BCUT2D eigenvalue weighted by Gasteiger charge is 2.28. The van der Waals surface area contributed by atoms with Gasteiger partial charge in [0.25, 0.3) is 5.91 Å². The van der Waals surface area contributed by atoms with E-state index in [-0.39, 0.29) is 29.3 Å². The molecule has 0 aliphatic heterocycles. The number of carbonyl (C=O) groups excluding carboxylic acids is 1. The highest BCUT2D eigenvalue weighted by atomic mass is 16.3. The van der Waals surface area contributed by atoms with Crippen LogP contribution in [0.4, 0.5) is 0 Å². The summed E-state index contributed by atoms with van der Waals surface area (Å²) in [4.78, 5) is 24.9. The third-order valence-corrected chi connectivity index (χ3v) is 2.46. The van der Waals surface area contributed by atoms with E-state index in [9.17, 15) is 9.59 Å². The number of carbonyl (C=O) groups is 1. The maximum Gasteiger partial charge on any atom is 0.268 e. The van der Waals surface area contributed by atoms with Crippen LogP contribution in [0.2, 0.25) is 0 Å². The second kappa shape index (κ2) is 3.86. The van der Waals surface area contributed by atoms with Crippen molar-refractivity contribution in [1.82, 2.24) is 10.3 Å². The van der Waals surface area contributed by atoms with Gasteiger partial charge in [-0.25, -0.2) is 0 Å². The van der Waals surface area contributed by atoms with Gasteiger partial charge in [-0.2, -0.15) is 0 Å². The van der Waals surface area contributed by atoms with Gasteiger partial charge in [-0.05, 0) is 18.9 Å². The van der Waals surface area contributed by atoms with Gasteiger partial charge in [0, 0.05) is 12.1 Å². The van der Waals surface area contributed by atoms with Crippen molar-refractivity contribution in [1.29, 1.82) is 0 Å². The summed E-state index contributed by atoms with van der Waals surface area (Å²) < 4.78 is 0. The number of H-pyrrole nitrogens is 1. The smallest absolute Gasteiger partial charge is 0.268 e. The van der Waals surface area contributed by atoms with Crippen molar-refractivity contribution in [3.63, 3.8) is 0 Å². The second-order valence-corrected chi connectivity index (χ2v) is 3.72. The molecule has 1 fully saturated rings. The van der Waals surface area contributed by atoms with Crippen molar-refractivity contribution < 1.29 is 9.90 Å². The van der Waals surface area contributed by atoms with Crippen molar-refractivity contribution >= 4 is 5.91 Å². The molecule has 1 aliphatic rings. The molecule has 0 atom stereocenters. The Hall–Kier alpha value is -1.62. The largest absolute Gasteiger partial charge is 0.393 e. The van der Waals surface area contributed by atoms with Crippen molar-refractivity contribution in [3.8, 4) is 0 Å². The minimum Gasteiger partial charge on any atom is -0.393 e. The summed E-state index contributed by atoms with van der Waals surface area (Å²) in [5.41, 5.74) is -0.0415. The average molecular weight is 208 g/mol. The van der Waals surface area contributed by atoms with Crippen LogP contribution in [0.3, 0.4) is 0 Å². The van der Waals surface area contributed by atoms with E-state index in [0.29, 0.717) is 12.8 Å². The van der Waals surface area contributed by atoms with E-state index in [4.69, 9.17) is 5.11 Å². The van der Waals surface area contributed by atoms with Crippen LogP contribution in [0.15, 0.2) is 23.0 Å². The number of aliphatic hydroxyl groups is 1. The number of aromatic amines is 1. The third-order valence-electron chi connectivity index (χ3n) is 2.46. The van der Waals surface area contributed by atoms with E-state index in [1.54, 1.807) is 6.07 Å². The fourth-order valence-electron chi connectivity index (χ4n) is 1.55. The molecule has 1 aromatic heterocycles. The molecule has 1 aliphatic carbocycles. The first-order valence-electron chi connectivity index (χ1n) is 4.83. The average Bonchev–Trinajstić information content (AvgIpc) is 2.15. The number of amides is 1. The Morgan fingerprint density at radius 1 is 1.47 bits per heavy atom. The lowest BCUT2D eigenvalue weighted by molar-refractivity contribution is 0.0560. The van der Waals surface area contributed by atoms with Gasteiger partial charge in [0.05, 0.1) is 6.10 Å². The number of aliphatic hydroxyl groups excluding tert-OH is 1. The molecule has 1 saturated carbocycles. The number of hydrogen-bond acceptors (Lipinski definition) is 3. The van der Waals surface area contributed by atoms with Crippen LogP contribution in [0.5, 0.6) is 0 Å². The molecule has 0 saturated heterocycles. The summed E-state index contributed by atoms with van der Waals surface area (Å²) in [6.07, 6.45) is 0.871. The van der Waals surface area contributed by atoms with E-state index in [2.05, 4.69) is 10.3 Å². The molecule has 0 bridgehead atoms. The first-order valence-corrected chi connectivity index (χ1v) is 4.83. The van der Waals surface area contributed by atoms with E-state index >= 15 is 0 Å². The molecule has 3 N–H and O–H groups in total. The van der Waals surface area contributed by atoms with Crippen LogP contribution >= 0.6 is 0 Å². The van der Waals surface area contributed by atoms with Gasteiger partial charge < -0.3 is 15.4 Å². The normalized spacial score (nSPS) is 24.3. The summed E-state index contributed by atoms with van der Waals surface area (Å²) in [7, 11) is 0. The van der Waals surface area contributed by atoms with Gasteiger partial charge >= 0.3 is 0 Å². The molecule has 0 unspecified atom stereocenters. The van der Waals surface area contributed by atoms with Gasteiger partial charge in [0.15, 0.2) is 0 Å². The Bertz CT molecular complexity index is 421. The molecular formula is C10H12N2O3. The Labute approximate surface area is 86.1 Å². The van der Waals surface area contributed by atoms with Crippen LogP contribution in [-0.2, 0) is 0 Å². The van der Waals surface area contributed by atoms with Gasteiger partial charge in [0.2, 0.25) is 5.56 Å². The fraction of sp³-hybridized carbons (Fsp3) is 0.400. The topological polar surface area (TPSA) is 82.2 Å². The van der Waals surface area contributed by atoms with Crippen LogP contribution < -0.4 is 10.9 Å². The van der Waals surface area contributed by atoms with Gasteiger partial charge in [-0.1, -0.05) is 6.07 Å². The Morgan fingerprint density at radius 2 is 2.20 bits per heavy atom. The minimum atomic E-state index is -0.301. The molecule has 80 valence electrons. The van der Waals surface area contributed by atoms with Crippen molar-refractivity contribution in [2.24, 2.45) is 0 Å². The summed E-state index contributed by atoms with van der Waals surface area (Å²) in [6, 6.07) is 4.45. The van der Waals surface area contributed by atoms with Crippen molar-refractivity contribution in [2.45, 2.75) is 25.0 Å². The molecule has 1 aromatic rings. The number of pyridine rings is 1. The zero-order valence-corrected chi connectivity index (χ0v) is 8.06. The third kappa shape index (κ3) is 2.24. The SMILES string of the molecule is O=C(NC1CC(O)C1)c1cccc(=O)[nH]1. The Morgan fingerprint density at radius 3 is 2.80 bits per heavy atom. The lowest BCUT2D eigenvalue weighted by Crippen LogP contribution is -2.47. The molecule has 1 amide bonds. The predicted molar refractivity (Wildman–Crippen MR) is 53.6 cm³/mol. The zero-order chi connectivity index (χ0) is 10.8. The highest BCUT2D eigenvalue weighted by molar-refractivity contribution is 5.92. The zero-order valence-electron chi connectivity index (χ0n) is 8.06. The number of nitrogens with one attached hydrogen (secondary N) is 2. The van der Waals surface area contributed by atoms with Crippen LogP contribution in [-0.4, -0.2) is 28.1 Å². The molecule has 2 rings (SSSR count). The van der Waals surface area contributed by atoms with Crippen molar-refractivity contribution in [2.75, 3.05) is 0 Å². The highest BCUT2D eigenvalue weighted by Crippen LogP contribution is 2.19. The Balaban J connectivity index is 1.99. The first kappa shape index (κ1) is 9.92. The van der Waals surface area contributed by atoms with Gasteiger partial charge in [-0.3, -0.25) is 9.59 Å². The van der Waals surface area contributed by atoms with E-state index in [0.717, 1.165) is 0 Å².